The van der Waals surface area contributed by atoms with Crippen LogP contribution in [-0.2, 0) is 0 Å². The van der Waals surface area contributed by atoms with Crippen molar-refractivity contribution in [1.82, 2.24) is 14.9 Å². The molecule has 0 amide bonds. The van der Waals surface area contributed by atoms with Crippen molar-refractivity contribution < 1.29 is 0 Å². The summed E-state index contributed by atoms with van der Waals surface area (Å²) < 4.78 is 0. The van der Waals surface area contributed by atoms with Gasteiger partial charge in [-0.05, 0) is 45.0 Å². The number of hydrogen-bond acceptors (Lipinski definition) is 5. The molecule has 0 aliphatic carbocycles. The lowest BCUT2D eigenvalue weighted by Gasteiger charge is -2.31. The molecule has 1 saturated heterocycles. The molecule has 0 atom stereocenters. The van der Waals surface area contributed by atoms with E-state index in [1.165, 1.54) is 12.8 Å². The van der Waals surface area contributed by atoms with Gasteiger partial charge in [-0.25, -0.2) is 9.97 Å². The van der Waals surface area contributed by atoms with Gasteiger partial charge in [0.15, 0.2) is 0 Å². The highest BCUT2D eigenvalue weighted by molar-refractivity contribution is 5.93. The predicted molar refractivity (Wildman–Crippen MR) is 76.5 cm³/mol. The number of nitrogens with zero attached hydrogens (tertiary/aromatic N) is 4. The highest BCUT2D eigenvalue weighted by Crippen LogP contribution is 2.18. The van der Waals surface area contributed by atoms with Crippen molar-refractivity contribution in [2.45, 2.75) is 12.8 Å². The monoisotopic (exact) mass is 262 g/mol. The Morgan fingerprint density at radius 2 is 2.21 bits per heavy atom. The van der Waals surface area contributed by atoms with Crippen LogP contribution in [0.4, 0.5) is 5.95 Å². The van der Waals surface area contributed by atoms with Gasteiger partial charge < -0.3 is 15.5 Å². The predicted octanol–water partition coefficient (Wildman–Crippen LogP) is 0.539. The minimum absolute atomic E-state index is 0.0173. The Kier molecular flexibility index (Phi) is 4.31. The number of nitrogen functional groups attached to an aromatic ring is 1. The molecule has 6 nitrogen and oxygen atoms in total. The lowest BCUT2D eigenvalue weighted by molar-refractivity contribution is 0.222. The summed E-state index contributed by atoms with van der Waals surface area (Å²) >= 11 is 0. The average molecular weight is 262 g/mol. The molecule has 104 valence electrons. The van der Waals surface area contributed by atoms with Crippen LogP contribution >= 0.6 is 0 Å². The van der Waals surface area contributed by atoms with Gasteiger partial charge in [-0.2, -0.15) is 0 Å². The first-order valence-corrected chi connectivity index (χ1v) is 6.63. The van der Waals surface area contributed by atoms with Gasteiger partial charge in [0.2, 0.25) is 5.95 Å². The third-order valence-electron chi connectivity index (χ3n) is 3.63. The molecule has 6 heteroatoms. The minimum Gasteiger partial charge on any atom is -0.382 e. The Bertz CT molecular complexity index is 439. The summed E-state index contributed by atoms with van der Waals surface area (Å²) in [4.78, 5) is 13.0. The zero-order chi connectivity index (χ0) is 13.8. The Labute approximate surface area is 114 Å². The van der Waals surface area contributed by atoms with Crippen LogP contribution in [0.3, 0.4) is 0 Å². The van der Waals surface area contributed by atoms with Crippen molar-refractivity contribution in [2.75, 3.05) is 38.6 Å². The fourth-order valence-electron chi connectivity index (χ4n) is 2.40. The molecule has 0 spiro atoms. The molecular formula is C13H22N6. The van der Waals surface area contributed by atoms with Gasteiger partial charge in [-0.15, -0.1) is 0 Å². The number of nitrogens with one attached hydrogen (secondary N) is 1. The van der Waals surface area contributed by atoms with Crippen LogP contribution in [0.5, 0.6) is 0 Å². The second kappa shape index (κ2) is 5.97. The molecule has 1 aromatic rings. The van der Waals surface area contributed by atoms with Crippen LogP contribution in [0.2, 0.25) is 0 Å². The molecular weight excluding hydrogens is 240 g/mol. The SMILES string of the molecule is CN1CCC(CN(C)c2nccc(C(=N)N)n2)CC1. The quantitative estimate of drug-likeness (QED) is 0.611. The van der Waals surface area contributed by atoms with Crippen molar-refractivity contribution in [3.63, 3.8) is 0 Å². The summed E-state index contributed by atoms with van der Waals surface area (Å²) in [5.74, 6) is 1.31. The van der Waals surface area contributed by atoms with E-state index in [0.29, 0.717) is 17.6 Å². The van der Waals surface area contributed by atoms with E-state index in [9.17, 15) is 0 Å². The zero-order valence-electron chi connectivity index (χ0n) is 11.6. The van der Waals surface area contributed by atoms with E-state index in [1.54, 1.807) is 12.3 Å². The number of amidine groups is 1. The van der Waals surface area contributed by atoms with E-state index < -0.39 is 0 Å². The molecule has 0 radical (unpaired) electrons. The number of hydrogen-bond donors (Lipinski definition) is 2. The average Bonchev–Trinajstić information content (AvgIpc) is 2.41. The molecule has 0 aromatic carbocycles. The summed E-state index contributed by atoms with van der Waals surface area (Å²) in [6.07, 6.45) is 4.09. The Morgan fingerprint density at radius 3 is 2.84 bits per heavy atom. The maximum absolute atomic E-state index is 7.41. The van der Waals surface area contributed by atoms with Gasteiger partial charge in [0.1, 0.15) is 11.5 Å². The second-order valence-corrected chi connectivity index (χ2v) is 5.28. The zero-order valence-corrected chi connectivity index (χ0v) is 11.6. The molecule has 1 aromatic heterocycles. The van der Waals surface area contributed by atoms with Crippen LogP contribution < -0.4 is 10.6 Å². The van der Waals surface area contributed by atoms with Crippen LogP contribution in [0.15, 0.2) is 12.3 Å². The number of rotatable bonds is 4. The standard InChI is InChI=1S/C13H22N6/c1-18-7-4-10(5-8-18)9-19(2)13-16-6-3-11(17-13)12(14)15/h3,6,10H,4-5,7-9H2,1-2H3,(H3,14,15). The third kappa shape index (κ3) is 3.64. The third-order valence-corrected chi connectivity index (χ3v) is 3.63. The highest BCUT2D eigenvalue weighted by atomic mass is 15.2. The summed E-state index contributed by atoms with van der Waals surface area (Å²) in [7, 11) is 4.16. The number of nitrogens with two attached hydrogens (primary N) is 1. The Balaban J connectivity index is 1.97. The van der Waals surface area contributed by atoms with Gasteiger partial charge in [0.25, 0.3) is 0 Å². The normalized spacial score (nSPS) is 17.4. The highest BCUT2D eigenvalue weighted by Gasteiger charge is 2.19. The fraction of sp³-hybridized carbons (Fsp3) is 0.615. The van der Waals surface area contributed by atoms with E-state index in [1.807, 2.05) is 7.05 Å². The number of piperidine rings is 1. The largest absolute Gasteiger partial charge is 0.382 e. The second-order valence-electron chi connectivity index (χ2n) is 5.28. The van der Waals surface area contributed by atoms with E-state index in [2.05, 4.69) is 26.8 Å². The lowest BCUT2D eigenvalue weighted by Crippen LogP contribution is -2.36. The molecule has 0 bridgehead atoms. The van der Waals surface area contributed by atoms with Gasteiger partial charge in [-0.3, -0.25) is 5.41 Å². The molecule has 0 unspecified atom stereocenters. The first kappa shape index (κ1) is 13.7. The Morgan fingerprint density at radius 1 is 1.53 bits per heavy atom. The molecule has 2 rings (SSSR count). The van der Waals surface area contributed by atoms with Gasteiger partial charge in [0, 0.05) is 19.8 Å². The summed E-state index contributed by atoms with van der Waals surface area (Å²) in [6, 6.07) is 1.66. The minimum atomic E-state index is -0.0173. The van der Waals surface area contributed by atoms with Crippen molar-refractivity contribution in [1.29, 1.82) is 5.41 Å². The van der Waals surface area contributed by atoms with Crippen molar-refractivity contribution in [3.05, 3.63) is 18.0 Å². The summed E-state index contributed by atoms with van der Waals surface area (Å²) in [5.41, 5.74) is 5.94. The van der Waals surface area contributed by atoms with Gasteiger partial charge in [-0.1, -0.05) is 0 Å². The van der Waals surface area contributed by atoms with Crippen LogP contribution in [0.1, 0.15) is 18.5 Å². The molecule has 1 aliphatic heterocycles. The maximum atomic E-state index is 7.41. The number of likely N-dealkylation sites (tertiary alicyclic amines) is 1. The Hall–Kier alpha value is -1.69. The van der Waals surface area contributed by atoms with Crippen LogP contribution in [0, 0.1) is 11.3 Å². The topological polar surface area (TPSA) is 82.1 Å². The molecule has 2 heterocycles. The first-order valence-electron chi connectivity index (χ1n) is 6.63. The summed E-state index contributed by atoms with van der Waals surface area (Å²) in [5, 5.41) is 7.41. The van der Waals surface area contributed by atoms with Gasteiger partial charge >= 0.3 is 0 Å². The van der Waals surface area contributed by atoms with Crippen molar-refractivity contribution in [3.8, 4) is 0 Å². The van der Waals surface area contributed by atoms with E-state index in [-0.39, 0.29) is 5.84 Å². The number of anilines is 1. The molecule has 1 aliphatic rings. The molecule has 0 saturated carbocycles. The molecule has 19 heavy (non-hydrogen) atoms. The summed E-state index contributed by atoms with van der Waals surface area (Å²) in [6.45, 7) is 3.27. The number of aromatic nitrogens is 2. The van der Waals surface area contributed by atoms with Gasteiger partial charge in [0.05, 0.1) is 0 Å². The van der Waals surface area contributed by atoms with E-state index in [4.69, 9.17) is 11.1 Å². The van der Waals surface area contributed by atoms with E-state index in [0.717, 1.165) is 19.6 Å². The van der Waals surface area contributed by atoms with Crippen LogP contribution in [-0.4, -0.2) is 54.4 Å². The smallest absolute Gasteiger partial charge is 0.225 e. The van der Waals surface area contributed by atoms with E-state index >= 15 is 0 Å². The fourth-order valence-corrected chi connectivity index (χ4v) is 2.40. The first-order chi connectivity index (χ1) is 9.06. The molecule has 3 N–H and O–H groups in total. The lowest BCUT2D eigenvalue weighted by atomic mass is 9.97. The van der Waals surface area contributed by atoms with Crippen molar-refractivity contribution >= 4 is 11.8 Å². The van der Waals surface area contributed by atoms with Crippen molar-refractivity contribution in [2.24, 2.45) is 11.7 Å². The molecule has 1 fully saturated rings. The van der Waals surface area contributed by atoms with Crippen LogP contribution in [0.25, 0.3) is 0 Å². The maximum Gasteiger partial charge on any atom is 0.225 e.